The number of aryl methyl sites for hydroxylation is 1. The van der Waals surface area contributed by atoms with E-state index in [-0.39, 0.29) is 0 Å². The molecule has 0 spiro atoms. The summed E-state index contributed by atoms with van der Waals surface area (Å²) in [5, 5.41) is 7.72. The second-order valence-corrected chi connectivity index (χ2v) is 4.26. The smallest absolute Gasteiger partial charge is 0.0553 e. The van der Waals surface area contributed by atoms with Crippen LogP contribution in [0.4, 0.5) is 0 Å². The molecule has 0 aromatic carbocycles. The van der Waals surface area contributed by atoms with Gasteiger partial charge in [0.15, 0.2) is 0 Å². The van der Waals surface area contributed by atoms with Crippen molar-refractivity contribution in [3.05, 3.63) is 18.0 Å². The van der Waals surface area contributed by atoms with Crippen LogP contribution in [-0.4, -0.2) is 16.8 Å². The minimum atomic E-state index is 0.458. The first-order chi connectivity index (χ1) is 7.83. The topological polar surface area (TPSA) is 29.9 Å². The molecule has 0 fully saturated rings. The average Bonchev–Trinajstić information content (AvgIpc) is 2.77. The molecule has 0 saturated heterocycles. The van der Waals surface area contributed by atoms with Crippen LogP contribution in [-0.2, 0) is 6.54 Å². The van der Waals surface area contributed by atoms with Gasteiger partial charge in [-0.1, -0.05) is 32.6 Å². The number of nitrogens with zero attached hydrogens (tertiary/aromatic N) is 2. The standard InChI is InChI=1S/C13H25N3/c1-4-6-7-8-9-12(14-3)13-10-11-15-16(13)5-2/h10-12,14H,4-9H2,1-3H3. The Morgan fingerprint density at radius 3 is 2.75 bits per heavy atom. The summed E-state index contributed by atoms with van der Waals surface area (Å²) in [5.74, 6) is 0. The first-order valence-corrected chi connectivity index (χ1v) is 6.52. The van der Waals surface area contributed by atoms with Gasteiger partial charge in [-0.15, -0.1) is 0 Å². The van der Waals surface area contributed by atoms with E-state index in [1.807, 2.05) is 13.2 Å². The average molecular weight is 223 g/mol. The van der Waals surface area contributed by atoms with Crippen LogP contribution in [0.2, 0.25) is 0 Å². The molecule has 1 unspecified atom stereocenters. The Labute approximate surface area is 99.2 Å². The lowest BCUT2D eigenvalue weighted by Gasteiger charge is -2.17. The molecular formula is C13H25N3. The van der Waals surface area contributed by atoms with Crippen molar-refractivity contribution < 1.29 is 0 Å². The number of nitrogens with one attached hydrogen (secondary N) is 1. The van der Waals surface area contributed by atoms with Gasteiger partial charge in [0, 0.05) is 18.8 Å². The number of rotatable bonds is 8. The zero-order valence-corrected chi connectivity index (χ0v) is 10.9. The minimum Gasteiger partial charge on any atom is -0.312 e. The Kier molecular flexibility index (Phi) is 6.16. The van der Waals surface area contributed by atoms with Gasteiger partial charge < -0.3 is 5.32 Å². The van der Waals surface area contributed by atoms with E-state index in [0.29, 0.717) is 6.04 Å². The summed E-state index contributed by atoms with van der Waals surface area (Å²) in [6.45, 7) is 5.34. The van der Waals surface area contributed by atoms with Crippen LogP contribution < -0.4 is 5.32 Å². The van der Waals surface area contributed by atoms with Crippen LogP contribution in [0.25, 0.3) is 0 Å². The van der Waals surface area contributed by atoms with Gasteiger partial charge >= 0.3 is 0 Å². The summed E-state index contributed by atoms with van der Waals surface area (Å²) in [4.78, 5) is 0. The van der Waals surface area contributed by atoms with Crippen molar-refractivity contribution in [2.24, 2.45) is 0 Å². The number of hydrogen-bond donors (Lipinski definition) is 1. The summed E-state index contributed by atoms with van der Waals surface area (Å²) in [5.41, 5.74) is 1.32. The van der Waals surface area contributed by atoms with E-state index < -0.39 is 0 Å². The highest BCUT2D eigenvalue weighted by atomic mass is 15.3. The first-order valence-electron chi connectivity index (χ1n) is 6.52. The third-order valence-corrected chi connectivity index (χ3v) is 3.10. The molecule has 1 aromatic heterocycles. The summed E-state index contributed by atoms with van der Waals surface area (Å²) in [6.07, 6.45) is 8.40. The Bertz CT molecular complexity index is 280. The van der Waals surface area contributed by atoms with Crippen molar-refractivity contribution in [1.29, 1.82) is 0 Å². The van der Waals surface area contributed by atoms with E-state index in [9.17, 15) is 0 Å². The maximum Gasteiger partial charge on any atom is 0.0553 e. The zero-order valence-electron chi connectivity index (χ0n) is 10.9. The van der Waals surface area contributed by atoms with Gasteiger partial charge in [-0.25, -0.2) is 0 Å². The summed E-state index contributed by atoms with van der Waals surface area (Å²) in [6, 6.07) is 2.59. The van der Waals surface area contributed by atoms with Gasteiger partial charge in [0.05, 0.1) is 5.69 Å². The maximum absolute atomic E-state index is 4.32. The molecule has 1 heterocycles. The quantitative estimate of drug-likeness (QED) is 0.686. The van der Waals surface area contributed by atoms with Gasteiger partial charge in [0.1, 0.15) is 0 Å². The lowest BCUT2D eigenvalue weighted by atomic mass is 10.0. The second kappa shape index (κ2) is 7.44. The predicted molar refractivity (Wildman–Crippen MR) is 68.5 cm³/mol. The Balaban J connectivity index is 2.47. The van der Waals surface area contributed by atoms with Crippen molar-refractivity contribution in [3.8, 4) is 0 Å². The third-order valence-electron chi connectivity index (χ3n) is 3.10. The molecule has 16 heavy (non-hydrogen) atoms. The van der Waals surface area contributed by atoms with E-state index in [1.165, 1.54) is 37.8 Å². The molecule has 1 atom stereocenters. The number of aromatic nitrogens is 2. The zero-order chi connectivity index (χ0) is 11.8. The van der Waals surface area contributed by atoms with Crippen molar-refractivity contribution in [3.63, 3.8) is 0 Å². The van der Waals surface area contributed by atoms with Crippen LogP contribution >= 0.6 is 0 Å². The molecule has 0 amide bonds. The molecular weight excluding hydrogens is 198 g/mol. The number of unbranched alkanes of at least 4 members (excludes halogenated alkanes) is 3. The SMILES string of the molecule is CCCCCCC(NC)c1ccnn1CC. The van der Waals surface area contributed by atoms with Gasteiger partial charge in [0.25, 0.3) is 0 Å². The highest BCUT2D eigenvalue weighted by molar-refractivity contribution is 5.06. The first kappa shape index (κ1) is 13.2. The molecule has 1 N–H and O–H groups in total. The molecule has 0 aliphatic heterocycles. The lowest BCUT2D eigenvalue weighted by molar-refractivity contribution is 0.464. The van der Waals surface area contributed by atoms with E-state index in [2.05, 4.69) is 35.0 Å². The Morgan fingerprint density at radius 1 is 1.31 bits per heavy atom. The van der Waals surface area contributed by atoms with Crippen molar-refractivity contribution in [2.45, 2.75) is 58.5 Å². The summed E-state index contributed by atoms with van der Waals surface area (Å²) >= 11 is 0. The molecule has 0 bridgehead atoms. The van der Waals surface area contributed by atoms with Crippen molar-refractivity contribution >= 4 is 0 Å². The molecule has 0 radical (unpaired) electrons. The van der Waals surface area contributed by atoms with E-state index >= 15 is 0 Å². The molecule has 0 saturated carbocycles. The van der Waals surface area contributed by atoms with Crippen LogP contribution in [0.3, 0.4) is 0 Å². The van der Waals surface area contributed by atoms with Gasteiger partial charge in [-0.2, -0.15) is 5.10 Å². The second-order valence-electron chi connectivity index (χ2n) is 4.26. The third kappa shape index (κ3) is 3.63. The van der Waals surface area contributed by atoms with E-state index in [1.54, 1.807) is 0 Å². The maximum atomic E-state index is 4.32. The molecule has 0 aliphatic carbocycles. The predicted octanol–water partition coefficient (Wildman–Crippen LogP) is 3.13. The fourth-order valence-electron chi connectivity index (χ4n) is 2.12. The van der Waals surface area contributed by atoms with E-state index in [4.69, 9.17) is 0 Å². The fraction of sp³-hybridized carbons (Fsp3) is 0.769. The van der Waals surface area contributed by atoms with Crippen molar-refractivity contribution in [2.75, 3.05) is 7.05 Å². The normalized spacial score (nSPS) is 12.9. The van der Waals surface area contributed by atoms with Gasteiger partial charge in [-0.3, -0.25) is 4.68 Å². The molecule has 3 nitrogen and oxygen atoms in total. The largest absolute Gasteiger partial charge is 0.312 e. The fourth-order valence-corrected chi connectivity index (χ4v) is 2.12. The lowest BCUT2D eigenvalue weighted by Crippen LogP contribution is -2.20. The Morgan fingerprint density at radius 2 is 2.12 bits per heavy atom. The summed E-state index contributed by atoms with van der Waals surface area (Å²) < 4.78 is 2.08. The van der Waals surface area contributed by atoms with Crippen LogP contribution in [0.15, 0.2) is 12.3 Å². The van der Waals surface area contributed by atoms with Crippen LogP contribution in [0, 0.1) is 0 Å². The van der Waals surface area contributed by atoms with Gasteiger partial charge in [0.2, 0.25) is 0 Å². The molecule has 92 valence electrons. The van der Waals surface area contributed by atoms with Crippen LogP contribution in [0.1, 0.15) is 57.7 Å². The Hall–Kier alpha value is -0.830. The monoisotopic (exact) mass is 223 g/mol. The molecule has 0 aliphatic rings. The molecule has 3 heteroatoms. The number of hydrogen-bond acceptors (Lipinski definition) is 2. The van der Waals surface area contributed by atoms with Crippen LogP contribution in [0.5, 0.6) is 0 Å². The minimum absolute atomic E-state index is 0.458. The van der Waals surface area contributed by atoms with Gasteiger partial charge in [-0.05, 0) is 26.5 Å². The van der Waals surface area contributed by atoms with E-state index in [0.717, 1.165) is 6.54 Å². The summed E-state index contributed by atoms with van der Waals surface area (Å²) in [7, 11) is 2.04. The highest BCUT2D eigenvalue weighted by Crippen LogP contribution is 2.19. The highest BCUT2D eigenvalue weighted by Gasteiger charge is 2.12. The molecule has 1 rings (SSSR count). The van der Waals surface area contributed by atoms with Crippen molar-refractivity contribution in [1.82, 2.24) is 15.1 Å². The molecule has 1 aromatic rings.